The molecule has 2 unspecified atom stereocenters. The van der Waals surface area contributed by atoms with Crippen molar-refractivity contribution in [3.05, 3.63) is 0 Å². The highest BCUT2D eigenvalue weighted by atomic mass is 16.7. The van der Waals surface area contributed by atoms with Gasteiger partial charge in [-0.15, -0.1) is 0 Å². The molecular formula is C13H28NO6+. The molecule has 0 saturated carbocycles. The van der Waals surface area contributed by atoms with E-state index in [0.29, 0.717) is 11.0 Å². The van der Waals surface area contributed by atoms with Gasteiger partial charge in [-0.25, -0.2) is 0 Å². The lowest BCUT2D eigenvalue weighted by Gasteiger charge is -2.39. The van der Waals surface area contributed by atoms with Crippen LogP contribution < -0.4 is 0 Å². The fraction of sp³-hybridized carbons (Fsp3) is 1.00. The van der Waals surface area contributed by atoms with Crippen LogP contribution in [0.15, 0.2) is 0 Å². The molecule has 0 aromatic carbocycles. The van der Waals surface area contributed by atoms with Gasteiger partial charge in [-0.3, -0.25) is 0 Å². The molecule has 1 aliphatic heterocycles. The van der Waals surface area contributed by atoms with Crippen molar-refractivity contribution in [2.75, 3.05) is 55.1 Å². The van der Waals surface area contributed by atoms with Crippen LogP contribution in [0.2, 0.25) is 0 Å². The summed E-state index contributed by atoms with van der Waals surface area (Å²) in [5.41, 5.74) is 0. The topological polar surface area (TPSA) is 77.4 Å². The van der Waals surface area contributed by atoms with Gasteiger partial charge in [0, 0.05) is 14.2 Å². The Balaban J connectivity index is 2.53. The second kappa shape index (κ2) is 7.65. The number of aliphatic hydroxyl groups excluding tert-OH is 2. The largest absolute Gasteiger partial charge is 0.387 e. The number of ether oxygens (including phenoxy) is 4. The molecule has 0 aliphatic carbocycles. The van der Waals surface area contributed by atoms with E-state index in [4.69, 9.17) is 18.9 Å². The maximum atomic E-state index is 10.2. The third-order valence-electron chi connectivity index (χ3n) is 3.19. The highest BCUT2D eigenvalue weighted by Crippen LogP contribution is 2.21. The fourth-order valence-electron chi connectivity index (χ4n) is 2.25. The van der Waals surface area contributed by atoms with Gasteiger partial charge in [-0.1, -0.05) is 0 Å². The summed E-state index contributed by atoms with van der Waals surface area (Å²) in [6.07, 6.45) is -3.27. The van der Waals surface area contributed by atoms with E-state index < -0.39 is 30.7 Å². The van der Waals surface area contributed by atoms with Gasteiger partial charge < -0.3 is 33.6 Å². The first kappa shape index (κ1) is 17.8. The Morgan fingerprint density at radius 2 is 1.90 bits per heavy atom. The molecule has 0 amide bonds. The van der Waals surface area contributed by atoms with E-state index in [-0.39, 0.29) is 13.2 Å². The number of aliphatic hydroxyl groups is 2. The van der Waals surface area contributed by atoms with Crippen LogP contribution in [0.5, 0.6) is 0 Å². The summed E-state index contributed by atoms with van der Waals surface area (Å²) in [6, 6.07) is 0. The zero-order valence-electron chi connectivity index (χ0n) is 13.0. The molecule has 0 radical (unpaired) electrons. The first-order valence-electron chi connectivity index (χ1n) is 6.74. The molecule has 0 bridgehead atoms. The molecule has 5 atom stereocenters. The van der Waals surface area contributed by atoms with Gasteiger partial charge in [0.05, 0.1) is 34.4 Å². The summed E-state index contributed by atoms with van der Waals surface area (Å²) >= 11 is 0. The second-order valence-corrected chi connectivity index (χ2v) is 6.13. The van der Waals surface area contributed by atoms with Crippen molar-refractivity contribution in [1.29, 1.82) is 0 Å². The molecule has 0 aromatic heterocycles. The summed E-state index contributed by atoms with van der Waals surface area (Å²) in [6.45, 7) is 0.906. The third-order valence-corrected chi connectivity index (χ3v) is 3.19. The van der Waals surface area contributed by atoms with E-state index in [0.717, 1.165) is 0 Å². The number of hydrogen-bond donors (Lipinski definition) is 2. The smallest absolute Gasteiger partial charge is 0.186 e. The zero-order valence-corrected chi connectivity index (χ0v) is 13.0. The Labute approximate surface area is 120 Å². The van der Waals surface area contributed by atoms with Gasteiger partial charge in [0.15, 0.2) is 6.29 Å². The summed E-state index contributed by atoms with van der Waals surface area (Å²) in [4.78, 5) is 0. The fourth-order valence-corrected chi connectivity index (χ4v) is 2.25. The molecule has 120 valence electrons. The number of rotatable bonds is 7. The minimum atomic E-state index is -0.852. The van der Waals surface area contributed by atoms with Crippen LogP contribution in [0.25, 0.3) is 0 Å². The van der Waals surface area contributed by atoms with Crippen molar-refractivity contribution in [1.82, 2.24) is 0 Å². The van der Waals surface area contributed by atoms with E-state index in [1.54, 1.807) is 0 Å². The highest BCUT2D eigenvalue weighted by Gasteiger charge is 2.41. The lowest BCUT2D eigenvalue weighted by Crippen LogP contribution is -2.56. The minimum absolute atomic E-state index is 0.108. The van der Waals surface area contributed by atoms with Crippen LogP contribution in [0.3, 0.4) is 0 Å². The predicted molar refractivity (Wildman–Crippen MR) is 72.2 cm³/mol. The maximum Gasteiger partial charge on any atom is 0.186 e. The molecule has 0 spiro atoms. The van der Waals surface area contributed by atoms with Crippen LogP contribution in [-0.2, 0) is 18.9 Å². The molecule has 20 heavy (non-hydrogen) atoms. The average Bonchev–Trinajstić information content (AvgIpc) is 2.34. The van der Waals surface area contributed by atoms with Crippen LogP contribution in [-0.4, -0.2) is 101 Å². The van der Waals surface area contributed by atoms with Gasteiger partial charge in [0.1, 0.15) is 31.0 Å². The average molecular weight is 294 g/mol. The quantitative estimate of drug-likeness (QED) is 0.576. The van der Waals surface area contributed by atoms with Gasteiger partial charge in [-0.05, 0) is 0 Å². The van der Waals surface area contributed by atoms with E-state index in [9.17, 15) is 10.2 Å². The summed E-state index contributed by atoms with van der Waals surface area (Å²) in [5, 5.41) is 20.1. The standard InChI is InChI=1S/C13H28NO6/c1-14(2,3)6-9(15)7-19-12-11(16)10(17-4)8-20-13(12)18-5/h9-13,15-16H,6-8H2,1-5H3/q+1/t9?,10-,11+,12?,13-/m1/s1. The Morgan fingerprint density at radius 3 is 2.40 bits per heavy atom. The Hall–Kier alpha value is -0.280. The highest BCUT2D eigenvalue weighted by molar-refractivity contribution is 4.85. The van der Waals surface area contributed by atoms with Gasteiger partial charge in [-0.2, -0.15) is 0 Å². The molecule has 0 aromatic rings. The molecule has 2 N–H and O–H groups in total. The van der Waals surface area contributed by atoms with E-state index in [2.05, 4.69) is 0 Å². The van der Waals surface area contributed by atoms with Gasteiger partial charge in [0.25, 0.3) is 0 Å². The summed E-state index contributed by atoms with van der Waals surface area (Å²) < 4.78 is 21.9. The molecule has 1 aliphatic rings. The molecule has 1 fully saturated rings. The number of likely N-dealkylation sites (N-methyl/N-ethyl adjacent to an activating group) is 1. The number of quaternary nitrogens is 1. The molecule has 7 nitrogen and oxygen atoms in total. The monoisotopic (exact) mass is 294 g/mol. The molecule has 1 saturated heterocycles. The minimum Gasteiger partial charge on any atom is -0.387 e. The lowest BCUT2D eigenvalue weighted by atomic mass is 10.1. The third kappa shape index (κ3) is 5.25. The SMILES string of the molecule is CO[C@@H]1OC[C@@H](OC)[C@H](O)C1OCC(O)C[N+](C)(C)C. The van der Waals surface area contributed by atoms with Crippen molar-refractivity contribution in [2.24, 2.45) is 0 Å². The summed E-state index contributed by atoms with van der Waals surface area (Å²) in [7, 11) is 8.96. The van der Waals surface area contributed by atoms with Crippen molar-refractivity contribution >= 4 is 0 Å². The number of nitrogens with zero attached hydrogens (tertiary/aromatic N) is 1. The first-order valence-corrected chi connectivity index (χ1v) is 6.74. The maximum absolute atomic E-state index is 10.2. The van der Waals surface area contributed by atoms with Crippen LogP contribution >= 0.6 is 0 Å². The van der Waals surface area contributed by atoms with E-state index >= 15 is 0 Å². The molecule has 1 rings (SSSR count). The van der Waals surface area contributed by atoms with Crippen LogP contribution in [0.4, 0.5) is 0 Å². The lowest BCUT2D eigenvalue weighted by molar-refractivity contribution is -0.873. The predicted octanol–water partition coefficient (Wildman–Crippen LogP) is -1.18. The second-order valence-electron chi connectivity index (χ2n) is 6.13. The van der Waals surface area contributed by atoms with Crippen molar-refractivity contribution in [2.45, 2.75) is 30.7 Å². The van der Waals surface area contributed by atoms with Crippen molar-refractivity contribution in [3.8, 4) is 0 Å². The molecular weight excluding hydrogens is 266 g/mol. The molecule has 1 heterocycles. The molecule has 7 heteroatoms. The Kier molecular flexibility index (Phi) is 6.80. The zero-order chi connectivity index (χ0) is 15.3. The van der Waals surface area contributed by atoms with Gasteiger partial charge >= 0.3 is 0 Å². The van der Waals surface area contributed by atoms with Crippen LogP contribution in [0, 0.1) is 0 Å². The normalized spacial score (nSPS) is 33.1. The number of hydrogen-bond acceptors (Lipinski definition) is 6. The van der Waals surface area contributed by atoms with Crippen molar-refractivity contribution in [3.63, 3.8) is 0 Å². The Bertz CT molecular complexity index is 283. The Morgan fingerprint density at radius 1 is 1.25 bits per heavy atom. The van der Waals surface area contributed by atoms with E-state index in [1.165, 1.54) is 14.2 Å². The van der Waals surface area contributed by atoms with Crippen molar-refractivity contribution < 1.29 is 33.6 Å². The van der Waals surface area contributed by atoms with Gasteiger partial charge in [0.2, 0.25) is 0 Å². The van der Waals surface area contributed by atoms with E-state index in [1.807, 2.05) is 21.1 Å². The first-order chi connectivity index (χ1) is 9.28. The summed E-state index contributed by atoms with van der Waals surface area (Å²) in [5.74, 6) is 0. The van der Waals surface area contributed by atoms with Crippen LogP contribution in [0.1, 0.15) is 0 Å². The number of methoxy groups -OCH3 is 2.